The van der Waals surface area contributed by atoms with Crippen molar-refractivity contribution in [3.63, 3.8) is 0 Å². The number of carbonyl (C=O) groups is 1. The molecule has 2 N–H and O–H groups in total. The van der Waals surface area contributed by atoms with E-state index in [1.54, 1.807) is 36.4 Å². The number of methoxy groups -OCH3 is 2. The normalized spacial score (nSPS) is 13.6. The Morgan fingerprint density at radius 2 is 1.93 bits per heavy atom. The molecule has 3 rings (SSSR count). The molecule has 29 heavy (non-hydrogen) atoms. The number of allylic oxidation sites excluding steroid dienone is 1. The average molecular weight is 390 g/mol. The number of rotatable bonds is 6. The van der Waals surface area contributed by atoms with Crippen LogP contribution in [-0.4, -0.2) is 38.2 Å². The fourth-order valence-electron chi connectivity index (χ4n) is 3.27. The molecule has 0 saturated heterocycles. The van der Waals surface area contributed by atoms with Crippen LogP contribution in [0.4, 0.5) is 0 Å². The predicted molar refractivity (Wildman–Crippen MR) is 111 cm³/mol. The zero-order valence-corrected chi connectivity index (χ0v) is 16.4. The van der Waals surface area contributed by atoms with Gasteiger partial charge in [0.15, 0.2) is 5.78 Å². The van der Waals surface area contributed by atoms with Gasteiger partial charge in [-0.25, -0.2) is 0 Å². The Labute approximate surface area is 169 Å². The minimum Gasteiger partial charge on any atom is -0.506 e. The number of ketones is 1. The lowest BCUT2D eigenvalue weighted by Crippen LogP contribution is -2.20. The number of phenols is 1. The molecule has 1 aliphatic heterocycles. The number of nitriles is 1. The van der Waals surface area contributed by atoms with Gasteiger partial charge in [0, 0.05) is 12.6 Å². The van der Waals surface area contributed by atoms with Crippen LogP contribution in [0.1, 0.15) is 33.5 Å². The first-order chi connectivity index (χ1) is 14.1. The fraction of sp³-hybridized carbons (Fsp3) is 0.217. The van der Waals surface area contributed by atoms with Gasteiger partial charge in [-0.2, -0.15) is 5.26 Å². The third kappa shape index (κ3) is 4.31. The molecule has 2 aromatic carbocycles. The Kier molecular flexibility index (Phi) is 6.32. The Bertz CT molecular complexity index is 1010. The molecule has 0 fully saturated rings. The minimum absolute atomic E-state index is 0.0904. The van der Waals surface area contributed by atoms with Crippen LogP contribution in [0.25, 0.3) is 11.6 Å². The molecule has 0 saturated carbocycles. The molecule has 0 radical (unpaired) electrons. The van der Waals surface area contributed by atoms with Crippen LogP contribution >= 0.6 is 0 Å². The number of nitrogens with one attached hydrogen (secondary N) is 1. The molecule has 6 nitrogen and oxygen atoms in total. The van der Waals surface area contributed by atoms with Crippen LogP contribution in [0, 0.1) is 11.3 Å². The first-order valence-corrected chi connectivity index (χ1v) is 9.19. The van der Waals surface area contributed by atoms with E-state index < -0.39 is 0 Å². The summed E-state index contributed by atoms with van der Waals surface area (Å²) in [5, 5.41) is 23.1. The first-order valence-electron chi connectivity index (χ1n) is 9.19. The quantitative estimate of drug-likeness (QED) is 0.579. The van der Waals surface area contributed by atoms with Crippen molar-refractivity contribution in [3.05, 3.63) is 64.7 Å². The van der Waals surface area contributed by atoms with Crippen LogP contribution in [0.3, 0.4) is 0 Å². The third-order valence-corrected chi connectivity index (χ3v) is 4.77. The maximum Gasteiger partial charge on any atom is 0.193 e. The van der Waals surface area contributed by atoms with Gasteiger partial charge in [0.05, 0.1) is 31.4 Å². The van der Waals surface area contributed by atoms with Gasteiger partial charge < -0.3 is 19.9 Å². The Morgan fingerprint density at radius 3 is 2.52 bits per heavy atom. The lowest BCUT2D eigenvalue weighted by molar-refractivity contribution is 0.104. The summed E-state index contributed by atoms with van der Waals surface area (Å²) >= 11 is 0. The van der Waals surface area contributed by atoms with Gasteiger partial charge in [0.25, 0.3) is 0 Å². The van der Waals surface area contributed by atoms with Crippen molar-refractivity contribution in [1.29, 1.82) is 5.26 Å². The van der Waals surface area contributed by atoms with Crippen LogP contribution in [0.5, 0.6) is 17.2 Å². The van der Waals surface area contributed by atoms with E-state index in [2.05, 4.69) is 11.4 Å². The molecule has 2 aromatic rings. The molecule has 6 heteroatoms. The van der Waals surface area contributed by atoms with Gasteiger partial charge >= 0.3 is 0 Å². The van der Waals surface area contributed by atoms with Crippen LogP contribution in [0.15, 0.2) is 42.5 Å². The summed E-state index contributed by atoms with van der Waals surface area (Å²) in [6.45, 7) is 1.47. The van der Waals surface area contributed by atoms with Gasteiger partial charge in [-0.15, -0.1) is 0 Å². The topological polar surface area (TPSA) is 91.6 Å². The molecule has 0 unspecified atom stereocenters. The molecular formula is C23H22N2O4. The molecule has 0 bridgehead atoms. The number of aromatic hydroxyl groups is 1. The van der Waals surface area contributed by atoms with Crippen molar-refractivity contribution >= 4 is 17.4 Å². The van der Waals surface area contributed by atoms with Crippen LogP contribution in [-0.2, 0) is 0 Å². The predicted octanol–water partition coefficient (Wildman–Crippen LogP) is 3.55. The zero-order valence-electron chi connectivity index (χ0n) is 16.4. The number of benzene rings is 2. The summed E-state index contributed by atoms with van der Waals surface area (Å²) in [5.74, 6) is 0.165. The molecule has 0 spiro atoms. The molecule has 0 aliphatic carbocycles. The van der Waals surface area contributed by atoms with Gasteiger partial charge in [-0.3, -0.25) is 4.79 Å². The van der Waals surface area contributed by atoms with Crippen molar-refractivity contribution in [3.8, 4) is 23.3 Å². The Hall–Kier alpha value is -3.56. The third-order valence-electron chi connectivity index (χ3n) is 4.77. The van der Waals surface area contributed by atoms with Gasteiger partial charge in [-0.1, -0.05) is 24.3 Å². The van der Waals surface area contributed by atoms with E-state index in [1.165, 1.54) is 20.3 Å². The SMILES string of the molecule is COc1cc(OC)c(C2=CCNCC2)c(O)c1C(=O)/C=C/c1ccc(C#N)cc1. The number of ether oxygens (including phenoxy) is 2. The van der Waals surface area contributed by atoms with Crippen molar-refractivity contribution in [1.82, 2.24) is 5.32 Å². The van der Waals surface area contributed by atoms with Gasteiger partial charge in [0.1, 0.15) is 22.8 Å². The van der Waals surface area contributed by atoms with Gasteiger partial charge in [0.2, 0.25) is 0 Å². The van der Waals surface area contributed by atoms with E-state index in [9.17, 15) is 9.90 Å². The largest absolute Gasteiger partial charge is 0.506 e. The average Bonchev–Trinajstić information content (AvgIpc) is 2.77. The molecule has 1 aliphatic rings. The number of phenolic OH excluding ortho intramolecular Hbond substituents is 1. The van der Waals surface area contributed by atoms with Crippen LogP contribution in [0.2, 0.25) is 0 Å². The summed E-state index contributed by atoms with van der Waals surface area (Å²) in [7, 11) is 2.96. The Morgan fingerprint density at radius 1 is 1.21 bits per heavy atom. The minimum atomic E-state index is -0.387. The highest BCUT2D eigenvalue weighted by atomic mass is 16.5. The number of hydrogen-bond donors (Lipinski definition) is 2. The van der Waals surface area contributed by atoms with E-state index in [4.69, 9.17) is 14.7 Å². The van der Waals surface area contributed by atoms with Gasteiger partial charge in [-0.05, 0) is 42.3 Å². The van der Waals surface area contributed by atoms with E-state index in [-0.39, 0.29) is 22.8 Å². The lowest BCUT2D eigenvalue weighted by atomic mass is 9.93. The maximum atomic E-state index is 12.9. The molecule has 148 valence electrons. The first kappa shape index (κ1) is 20.2. The second-order valence-electron chi connectivity index (χ2n) is 6.49. The molecular weight excluding hydrogens is 368 g/mol. The summed E-state index contributed by atoms with van der Waals surface area (Å²) in [4.78, 5) is 12.9. The zero-order chi connectivity index (χ0) is 20.8. The fourth-order valence-corrected chi connectivity index (χ4v) is 3.27. The maximum absolute atomic E-state index is 12.9. The Balaban J connectivity index is 2.02. The van der Waals surface area contributed by atoms with Crippen molar-refractivity contribution in [2.75, 3.05) is 27.3 Å². The smallest absolute Gasteiger partial charge is 0.193 e. The highest BCUT2D eigenvalue weighted by Gasteiger charge is 2.25. The molecule has 0 amide bonds. The summed E-state index contributed by atoms with van der Waals surface area (Å²) in [5.41, 5.74) is 2.84. The van der Waals surface area contributed by atoms with E-state index in [0.29, 0.717) is 29.8 Å². The molecule has 0 aromatic heterocycles. The van der Waals surface area contributed by atoms with E-state index in [0.717, 1.165) is 17.7 Å². The number of carbonyl (C=O) groups excluding carboxylic acids is 1. The lowest BCUT2D eigenvalue weighted by Gasteiger charge is -2.20. The second-order valence-corrected chi connectivity index (χ2v) is 6.49. The van der Waals surface area contributed by atoms with Crippen LogP contribution < -0.4 is 14.8 Å². The standard InChI is InChI=1S/C23H22N2O4/c1-28-19-13-20(29-2)22(23(27)21(19)17-9-11-25-12-10-17)18(26)8-7-15-3-5-16(14-24)6-4-15/h3-9,13,25,27H,10-12H2,1-2H3/b8-7+. The summed E-state index contributed by atoms with van der Waals surface area (Å²) in [6, 6.07) is 10.5. The van der Waals surface area contributed by atoms with E-state index >= 15 is 0 Å². The van der Waals surface area contributed by atoms with Crippen molar-refractivity contribution < 1.29 is 19.4 Å². The number of nitrogens with zero attached hydrogens (tertiary/aromatic N) is 1. The highest BCUT2D eigenvalue weighted by Crippen LogP contribution is 2.43. The molecule has 0 atom stereocenters. The monoisotopic (exact) mass is 390 g/mol. The summed E-state index contributed by atoms with van der Waals surface area (Å²) < 4.78 is 10.8. The van der Waals surface area contributed by atoms with Crippen molar-refractivity contribution in [2.24, 2.45) is 0 Å². The summed E-state index contributed by atoms with van der Waals surface area (Å²) in [6.07, 6.45) is 5.71. The highest BCUT2D eigenvalue weighted by molar-refractivity contribution is 6.11. The molecule has 1 heterocycles. The van der Waals surface area contributed by atoms with Crippen molar-refractivity contribution in [2.45, 2.75) is 6.42 Å². The number of hydrogen-bond acceptors (Lipinski definition) is 6. The second kappa shape index (κ2) is 9.09. The van der Waals surface area contributed by atoms with E-state index in [1.807, 2.05) is 6.08 Å².